The molecular weight excluding hydrogens is 249 g/mol. The standard InChI is InChI=1S/C12H10BNO3S/c14-6-9-2-1-3-11(4-9)17-7-12-5-10(8-18-12)13(15)16/h1-5,8,15-16H,7H2. The second kappa shape index (κ2) is 5.69. The highest BCUT2D eigenvalue weighted by Gasteiger charge is 2.13. The van der Waals surface area contributed by atoms with Gasteiger partial charge in [0.2, 0.25) is 0 Å². The van der Waals surface area contributed by atoms with Crippen LogP contribution in [0.25, 0.3) is 0 Å². The van der Waals surface area contributed by atoms with Crippen LogP contribution in [-0.4, -0.2) is 17.2 Å². The summed E-state index contributed by atoms with van der Waals surface area (Å²) in [6.45, 7) is 0.340. The molecular formula is C12H10BNO3S. The van der Waals surface area contributed by atoms with Crippen LogP contribution in [0.2, 0.25) is 0 Å². The van der Waals surface area contributed by atoms with E-state index < -0.39 is 7.12 Å². The molecule has 0 saturated heterocycles. The van der Waals surface area contributed by atoms with E-state index in [0.717, 1.165) is 4.88 Å². The molecule has 0 aliphatic heterocycles. The van der Waals surface area contributed by atoms with E-state index in [9.17, 15) is 0 Å². The molecule has 1 aromatic carbocycles. The van der Waals surface area contributed by atoms with Crippen molar-refractivity contribution >= 4 is 23.9 Å². The van der Waals surface area contributed by atoms with Gasteiger partial charge in [-0.1, -0.05) is 6.07 Å². The van der Waals surface area contributed by atoms with Crippen molar-refractivity contribution in [1.29, 1.82) is 5.26 Å². The molecule has 1 heterocycles. The Kier molecular flexibility index (Phi) is 4.00. The molecule has 90 valence electrons. The highest BCUT2D eigenvalue weighted by molar-refractivity contribution is 7.11. The average molecular weight is 259 g/mol. The van der Waals surface area contributed by atoms with Crippen LogP contribution in [0.1, 0.15) is 10.4 Å². The molecule has 0 unspecified atom stereocenters. The molecule has 0 spiro atoms. The summed E-state index contributed by atoms with van der Waals surface area (Å²) in [5.74, 6) is 0.619. The van der Waals surface area contributed by atoms with Gasteiger partial charge in [0.25, 0.3) is 0 Å². The molecule has 0 saturated carbocycles. The first-order valence-electron chi connectivity index (χ1n) is 5.25. The maximum atomic E-state index is 8.98. The van der Waals surface area contributed by atoms with Crippen molar-refractivity contribution in [3.63, 3.8) is 0 Å². The van der Waals surface area contributed by atoms with E-state index in [4.69, 9.17) is 20.0 Å². The summed E-state index contributed by atoms with van der Waals surface area (Å²) in [5.41, 5.74) is 1.01. The average Bonchev–Trinajstić information content (AvgIpc) is 2.85. The van der Waals surface area contributed by atoms with Gasteiger partial charge < -0.3 is 14.8 Å². The minimum atomic E-state index is -1.45. The maximum absolute atomic E-state index is 8.98. The normalized spacial score (nSPS) is 9.83. The highest BCUT2D eigenvalue weighted by Crippen LogP contribution is 2.16. The molecule has 18 heavy (non-hydrogen) atoms. The van der Waals surface area contributed by atoms with Gasteiger partial charge in [0, 0.05) is 4.88 Å². The number of ether oxygens (including phenoxy) is 1. The van der Waals surface area contributed by atoms with Gasteiger partial charge in [0.1, 0.15) is 12.4 Å². The molecule has 2 rings (SSSR count). The van der Waals surface area contributed by atoms with Crippen LogP contribution in [0.5, 0.6) is 5.75 Å². The van der Waals surface area contributed by atoms with Gasteiger partial charge in [-0.15, -0.1) is 11.3 Å². The van der Waals surface area contributed by atoms with Crippen LogP contribution in [-0.2, 0) is 6.61 Å². The summed E-state index contributed by atoms with van der Waals surface area (Å²) in [6, 6.07) is 10.6. The van der Waals surface area contributed by atoms with E-state index in [-0.39, 0.29) is 0 Å². The first-order valence-corrected chi connectivity index (χ1v) is 6.13. The zero-order chi connectivity index (χ0) is 13.0. The molecule has 0 aliphatic rings. The summed E-state index contributed by atoms with van der Waals surface area (Å²) in [4.78, 5) is 0.889. The summed E-state index contributed by atoms with van der Waals surface area (Å²) in [5, 5.41) is 28.4. The Hall–Kier alpha value is -1.81. The topological polar surface area (TPSA) is 73.5 Å². The number of benzene rings is 1. The summed E-state index contributed by atoms with van der Waals surface area (Å²) in [7, 11) is -1.45. The number of thiophene rings is 1. The number of hydrogen-bond donors (Lipinski definition) is 2. The fraction of sp³-hybridized carbons (Fsp3) is 0.0833. The van der Waals surface area contributed by atoms with Crippen molar-refractivity contribution in [3.8, 4) is 11.8 Å². The van der Waals surface area contributed by atoms with Crippen molar-refractivity contribution in [2.75, 3.05) is 0 Å². The Morgan fingerprint density at radius 2 is 2.17 bits per heavy atom. The van der Waals surface area contributed by atoms with Gasteiger partial charge in [-0.25, -0.2) is 0 Å². The Bertz CT molecular complexity index is 577. The molecule has 2 aromatic rings. The fourth-order valence-electron chi connectivity index (χ4n) is 1.42. The van der Waals surface area contributed by atoms with Crippen LogP contribution >= 0.6 is 11.3 Å². The quantitative estimate of drug-likeness (QED) is 0.799. The van der Waals surface area contributed by atoms with Crippen LogP contribution < -0.4 is 10.2 Å². The largest absolute Gasteiger partial charge is 0.489 e. The summed E-state index contributed by atoms with van der Waals surface area (Å²) >= 11 is 1.40. The lowest BCUT2D eigenvalue weighted by molar-refractivity contribution is 0.310. The van der Waals surface area contributed by atoms with Gasteiger partial charge in [-0.3, -0.25) is 0 Å². The number of hydrogen-bond acceptors (Lipinski definition) is 5. The number of rotatable bonds is 4. The third-order valence-corrected chi connectivity index (χ3v) is 3.24. The summed E-state index contributed by atoms with van der Waals surface area (Å²) in [6.07, 6.45) is 0. The Morgan fingerprint density at radius 3 is 2.83 bits per heavy atom. The first kappa shape index (κ1) is 12.6. The third kappa shape index (κ3) is 3.11. The zero-order valence-corrected chi connectivity index (χ0v) is 10.2. The van der Waals surface area contributed by atoms with Crippen molar-refractivity contribution in [3.05, 3.63) is 46.2 Å². The molecule has 0 amide bonds. The van der Waals surface area contributed by atoms with Gasteiger partial charge in [-0.2, -0.15) is 5.26 Å². The van der Waals surface area contributed by atoms with E-state index >= 15 is 0 Å². The Balaban J connectivity index is 2.00. The predicted molar refractivity (Wildman–Crippen MR) is 69.6 cm³/mol. The second-order valence-corrected chi connectivity index (χ2v) is 4.64. The monoisotopic (exact) mass is 259 g/mol. The highest BCUT2D eigenvalue weighted by atomic mass is 32.1. The molecule has 0 fully saturated rings. The van der Waals surface area contributed by atoms with Gasteiger partial charge in [-0.05, 0) is 35.1 Å². The molecule has 0 atom stereocenters. The zero-order valence-electron chi connectivity index (χ0n) is 9.41. The van der Waals surface area contributed by atoms with Gasteiger partial charge in [0.05, 0.1) is 11.6 Å². The lowest BCUT2D eigenvalue weighted by atomic mass is 9.83. The number of nitriles is 1. The van der Waals surface area contributed by atoms with Crippen LogP contribution in [0.3, 0.4) is 0 Å². The molecule has 0 bridgehead atoms. The lowest BCUT2D eigenvalue weighted by Crippen LogP contribution is -2.27. The molecule has 2 N–H and O–H groups in total. The van der Waals surface area contributed by atoms with Crippen molar-refractivity contribution < 1.29 is 14.8 Å². The Morgan fingerprint density at radius 1 is 1.33 bits per heavy atom. The molecule has 4 nitrogen and oxygen atoms in total. The molecule has 1 aromatic heterocycles. The van der Waals surface area contributed by atoms with Gasteiger partial charge >= 0.3 is 7.12 Å². The van der Waals surface area contributed by atoms with Crippen molar-refractivity contribution in [2.45, 2.75) is 6.61 Å². The number of nitrogens with zero attached hydrogens (tertiary/aromatic N) is 1. The van der Waals surface area contributed by atoms with Gasteiger partial charge in [0.15, 0.2) is 0 Å². The van der Waals surface area contributed by atoms with Crippen LogP contribution in [0.15, 0.2) is 35.7 Å². The second-order valence-electron chi connectivity index (χ2n) is 3.65. The van der Waals surface area contributed by atoms with Crippen LogP contribution in [0.4, 0.5) is 0 Å². The van der Waals surface area contributed by atoms with E-state index in [1.54, 1.807) is 35.7 Å². The van der Waals surface area contributed by atoms with Crippen LogP contribution in [0, 0.1) is 11.3 Å². The molecule has 0 radical (unpaired) electrons. The van der Waals surface area contributed by atoms with E-state index in [2.05, 4.69) is 0 Å². The smallest absolute Gasteiger partial charge is 0.488 e. The fourth-order valence-corrected chi connectivity index (χ4v) is 2.23. The van der Waals surface area contributed by atoms with E-state index in [1.165, 1.54) is 11.3 Å². The minimum absolute atomic E-state index is 0.340. The third-order valence-electron chi connectivity index (χ3n) is 2.32. The molecule has 6 heteroatoms. The van der Waals surface area contributed by atoms with E-state index in [1.807, 2.05) is 6.07 Å². The maximum Gasteiger partial charge on any atom is 0.489 e. The SMILES string of the molecule is N#Cc1cccc(OCc2cc(B(O)O)cs2)c1. The first-order chi connectivity index (χ1) is 8.69. The van der Waals surface area contributed by atoms with Crippen molar-refractivity contribution in [1.82, 2.24) is 0 Å². The van der Waals surface area contributed by atoms with Crippen molar-refractivity contribution in [2.24, 2.45) is 0 Å². The predicted octanol–water partition coefficient (Wildman–Crippen LogP) is 0.879. The van der Waals surface area contributed by atoms with E-state index in [0.29, 0.717) is 23.4 Å². The lowest BCUT2D eigenvalue weighted by Gasteiger charge is -2.04. The Labute approximate surface area is 109 Å². The minimum Gasteiger partial charge on any atom is -0.488 e. The molecule has 0 aliphatic carbocycles. The summed E-state index contributed by atoms with van der Waals surface area (Å²) < 4.78 is 5.52.